The molecular weight excluding hydrogens is 524 g/mol. The normalized spacial score (nSPS) is 13.2. The molecule has 43 heavy (non-hydrogen) atoms. The largest absolute Gasteiger partial charge is 0.481 e. The second kappa shape index (κ2) is 35.7. The third kappa shape index (κ3) is 33.9. The molecular formula is C41H80O2. The zero-order chi connectivity index (χ0) is 31.5. The van der Waals surface area contributed by atoms with Crippen LogP contribution in [0.5, 0.6) is 0 Å². The average molecular weight is 605 g/mol. The molecule has 0 saturated carbocycles. The molecule has 256 valence electrons. The van der Waals surface area contributed by atoms with Crippen molar-refractivity contribution in [2.24, 2.45) is 11.8 Å². The van der Waals surface area contributed by atoms with Crippen LogP contribution < -0.4 is 0 Å². The van der Waals surface area contributed by atoms with Crippen LogP contribution in [0.15, 0.2) is 12.2 Å². The minimum atomic E-state index is -0.559. The van der Waals surface area contributed by atoms with Gasteiger partial charge < -0.3 is 5.11 Å². The van der Waals surface area contributed by atoms with E-state index in [-0.39, 0.29) is 5.92 Å². The maximum Gasteiger partial charge on any atom is 0.306 e. The predicted molar refractivity (Wildman–Crippen MR) is 193 cm³/mol. The zero-order valence-electron chi connectivity index (χ0n) is 30.0. The SMILES string of the molecule is CCCCCCCCCCCCCCCCCCC(CCCCCCCCCCC=CCCC(C)CCCCC)C(=O)O. The lowest BCUT2D eigenvalue weighted by molar-refractivity contribution is -0.142. The highest BCUT2D eigenvalue weighted by molar-refractivity contribution is 5.69. The van der Waals surface area contributed by atoms with Gasteiger partial charge in [0.15, 0.2) is 0 Å². The van der Waals surface area contributed by atoms with Crippen LogP contribution in [0.3, 0.4) is 0 Å². The van der Waals surface area contributed by atoms with Crippen LogP contribution in [-0.4, -0.2) is 11.1 Å². The first-order valence-electron chi connectivity index (χ1n) is 20.0. The molecule has 2 unspecified atom stereocenters. The van der Waals surface area contributed by atoms with Crippen molar-refractivity contribution in [1.29, 1.82) is 0 Å². The monoisotopic (exact) mass is 605 g/mol. The number of hydrogen-bond acceptors (Lipinski definition) is 1. The Bertz CT molecular complexity index is 568. The lowest BCUT2D eigenvalue weighted by atomic mass is 9.94. The van der Waals surface area contributed by atoms with E-state index < -0.39 is 5.97 Å². The summed E-state index contributed by atoms with van der Waals surface area (Å²) in [6.45, 7) is 6.99. The Kier molecular flexibility index (Phi) is 35.0. The third-order valence-corrected chi connectivity index (χ3v) is 9.72. The molecule has 0 radical (unpaired) electrons. The Morgan fingerprint density at radius 3 is 1.19 bits per heavy atom. The van der Waals surface area contributed by atoms with Crippen molar-refractivity contribution in [3.63, 3.8) is 0 Å². The minimum absolute atomic E-state index is 0.107. The van der Waals surface area contributed by atoms with Crippen LogP contribution in [0.4, 0.5) is 0 Å². The topological polar surface area (TPSA) is 37.3 Å². The van der Waals surface area contributed by atoms with E-state index in [4.69, 9.17) is 0 Å². The molecule has 0 aromatic carbocycles. The zero-order valence-corrected chi connectivity index (χ0v) is 30.0. The molecule has 0 saturated heterocycles. The first kappa shape index (κ1) is 42.2. The summed E-state index contributed by atoms with van der Waals surface area (Å²) in [5.74, 6) is 0.218. The molecule has 0 aromatic rings. The van der Waals surface area contributed by atoms with E-state index in [1.165, 1.54) is 186 Å². The average Bonchev–Trinajstić information content (AvgIpc) is 2.99. The number of aliphatic carboxylic acids is 1. The van der Waals surface area contributed by atoms with Gasteiger partial charge in [0, 0.05) is 0 Å². The fourth-order valence-corrected chi connectivity index (χ4v) is 6.55. The van der Waals surface area contributed by atoms with E-state index >= 15 is 0 Å². The molecule has 0 spiro atoms. The summed E-state index contributed by atoms with van der Waals surface area (Å²) in [4.78, 5) is 11.7. The van der Waals surface area contributed by atoms with Gasteiger partial charge in [-0.15, -0.1) is 0 Å². The Morgan fingerprint density at radius 1 is 0.442 bits per heavy atom. The van der Waals surface area contributed by atoms with Gasteiger partial charge in [-0.1, -0.05) is 206 Å². The standard InChI is InChI=1S/C41H80O2/c1-4-6-8-9-10-11-12-13-14-15-16-20-23-26-29-33-37-40(41(42)43)38-34-30-27-24-21-18-17-19-22-25-28-32-36-39(3)35-31-7-5-2/h25,28,39-40H,4-24,26-27,29-38H2,1-3H3,(H,42,43). The lowest BCUT2D eigenvalue weighted by Gasteiger charge is -2.12. The number of rotatable bonds is 36. The molecule has 0 heterocycles. The van der Waals surface area contributed by atoms with Gasteiger partial charge in [0.25, 0.3) is 0 Å². The van der Waals surface area contributed by atoms with Crippen LogP contribution in [0.2, 0.25) is 0 Å². The lowest BCUT2D eigenvalue weighted by Crippen LogP contribution is -2.13. The van der Waals surface area contributed by atoms with Gasteiger partial charge in [0.05, 0.1) is 5.92 Å². The van der Waals surface area contributed by atoms with Gasteiger partial charge in [0.1, 0.15) is 0 Å². The van der Waals surface area contributed by atoms with E-state index in [1.807, 2.05) is 0 Å². The van der Waals surface area contributed by atoms with E-state index in [0.29, 0.717) is 0 Å². The first-order chi connectivity index (χ1) is 21.1. The van der Waals surface area contributed by atoms with E-state index in [2.05, 4.69) is 32.9 Å². The third-order valence-electron chi connectivity index (χ3n) is 9.72. The van der Waals surface area contributed by atoms with Crippen LogP contribution >= 0.6 is 0 Å². The molecule has 2 heteroatoms. The van der Waals surface area contributed by atoms with E-state index in [1.54, 1.807) is 0 Å². The highest BCUT2D eigenvalue weighted by Gasteiger charge is 2.16. The van der Waals surface area contributed by atoms with Gasteiger partial charge in [0.2, 0.25) is 0 Å². The summed E-state index contributed by atoms with van der Waals surface area (Å²) < 4.78 is 0. The molecule has 1 N–H and O–H groups in total. The van der Waals surface area contributed by atoms with Gasteiger partial charge in [-0.25, -0.2) is 0 Å². The number of carbonyl (C=O) groups is 1. The summed E-state index contributed by atoms with van der Waals surface area (Å²) in [5, 5.41) is 9.65. The van der Waals surface area contributed by atoms with Gasteiger partial charge in [-0.2, -0.15) is 0 Å². The van der Waals surface area contributed by atoms with Gasteiger partial charge in [-0.05, 0) is 44.4 Å². The van der Waals surface area contributed by atoms with Crippen molar-refractivity contribution in [3.05, 3.63) is 12.2 Å². The summed E-state index contributed by atoms with van der Waals surface area (Å²) in [7, 11) is 0. The maximum absolute atomic E-state index is 11.7. The summed E-state index contributed by atoms with van der Waals surface area (Å²) in [6.07, 6.45) is 48.3. The van der Waals surface area contributed by atoms with Crippen molar-refractivity contribution < 1.29 is 9.90 Å². The number of hydrogen-bond donors (Lipinski definition) is 1. The smallest absolute Gasteiger partial charge is 0.306 e. The van der Waals surface area contributed by atoms with Gasteiger partial charge in [-0.3, -0.25) is 4.79 Å². The van der Waals surface area contributed by atoms with Crippen molar-refractivity contribution in [2.75, 3.05) is 0 Å². The number of unbranched alkanes of at least 4 members (excludes halogenated alkanes) is 25. The fraction of sp³-hybridized carbons (Fsp3) is 0.927. The number of carboxylic acid groups (broad SMARTS) is 1. The molecule has 0 fully saturated rings. The van der Waals surface area contributed by atoms with Crippen LogP contribution in [0.1, 0.15) is 233 Å². The van der Waals surface area contributed by atoms with Crippen LogP contribution in [0.25, 0.3) is 0 Å². The highest BCUT2D eigenvalue weighted by Crippen LogP contribution is 2.21. The summed E-state index contributed by atoms with van der Waals surface area (Å²) in [6, 6.07) is 0. The van der Waals surface area contributed by atoms with Crippen molar-refractivity contribution in [1.82, 2.24) is 0 Å². The van der Waals surface area contributed by atoms with Crippen LogP contribution in [0, 0.1) is 11.8 Å². The van der Waals surface area contributed by atoms with E-state index in [9.17, 15) is 9.90 Å². The predicted octanol–water partition coefficient (Wildman–Crippen LogP) is 14.8. The van der Waals surface area contributed by atoms with Crippen molar-refractivity contribution >= 4 is 5.97 Å². The maximum atomic E-state index is 11.7. The fourth-order valence-electron chi connectivity index (χ4n) is 6.55. The molecule has 0 rings (SSSR count). The molecule has 2 atom stereocenters. The molecule has 0 aromatic heterocycles. The summed E-state index contributed by atoms with van der Waals surface area (Å²) in [5.41, 5.74) is 0. The van der Waals surface area contributed by atoms with Crippen molar-refractivity contribution in [2.45, 2.75) is 233 Å². The Hall–Kier alpha value is -0.790. The summed E-state index contributed by atoms with van der Waals surface area (Å²) >= 11 is 0. The quantitative estimate of drug-likeness (QED) is 0.0570. The minimum Gasteiger partial charge on any atom is -0.481 e. The molecule has 2 nitrogen and oxygen atoms in total. The van der Waals surface area contributed by atoms with Crippen molar-refractivity contribution in [3.8, 4) is 0 Å². The Morgan fingerprint density at radius 2 is 0.767 bits per heavy atom. The number of allylic oxidation sites excluding steroid dienone is 2. The molecule has 0 bridgehead atoms. The second-order valence-electron chi connectivity index (χ2n) is 14.2. The second-order valence-corrected chi connectivity index (χ2v) is 14.2. The van der Waals surface area contributed by atoms with Crippen LogP contribution in [-0.2, 0) is 4.79 Å². The Labute approximate surface area is 272 Å². The molecule has 0 aliphatic heterocycles. The van der Waals surface area contributed by atoms with Gasteiger partial charge >= 0.3 is 5.97 Å². The van der Waals surface area contributed by atoms with E-state index in [0.717, 1.165) is 31.6 Å². The Balaban J connectivity index is 3.45. The molecule has 0 amide bonds. The first-order valence-corrected chi connectivity index (χ1v) is 20.0. The molecule has 0 aliphatic rings. The molecule has 0 aliphatic carbocycles. The number of carboxylic acids is 1. The highest BCUT2D eigenvalue weighted by atomic mass is 16.4.